The van der Waals surface area contributed by atoms with E-state index in [2.05, 4.69) is 31.8 Å². The molecule has 1 atom stereocenters. The monoisotopic (exact) mass is 303 g/mol. The molecule has 1 unspecified atom stereocenters. The second-order valence-corrected chi connectivity index (χ2v) is 6.96. The van der Waals surface area contributed by atoms with Gasteiger partial charge in [0.1, 0.15) is 5.82 Å². The summed E-state index contributed by atoms with van der Waals surface area (Å²) in [7, 11) is 2.08. The molecule has 0 spiro atoms. The summed E-state index contributed by atoms with van der Waals surface area (Å²) in [6, 6.07) is 0.355. The minimum atomic E-state index is 0.355. The molecule has 1 aliphatic heterocycles. The van der Waals surface area contributed by atoms with Gasteiger partial charge in [0.05, 0.1) is 17.2 Å². The number of hydrogen-bond acceptors (Lipinski definition) is 5. The molecule has 1 saturated heterocycles. The van der Waals surface area contributed by atoms with Crippen LogP contribution in [0, 0.1) is 0 Å². The predicted molar refractivity (Wildman–Crippen MR) is 83.3 cm³/mol. The first-order valence-electron chi connectivity index (χ1n) is 7.67. The Hall–Kier alpha value is -1.24. The number of nitrogens with one attached hydrogen (secondary N) is 1. The molecule has 112 valence electrons. The molecule has 5 nitrogen and oxygen atoms in total. The van der Waals surface area contributed by atoms with Crippen molar-refractivity contribution in [3.63, 3.8) is 0 Å². The van der Waals surface area contributed by atoms with Crippen LogP contribution in [0.5, 0.6) is 0 Å². The van der Waals surface area contributed by atoms with Crippen LogP contribution in [0.25, 0.3) is 0 Å². The number of hydrogen-bond donors (Lipinski definition) is 1. The molecule has 1 saturated carbocycles. The van der Waals surface area contributed by atoms with Crippen LogP contribution in [0.15, 0.2) is 17.9 Å². The summed E-state index contributed by atoms with van der Waals surface area (Å²) in [5.74, 6) is 1.89. The van der Waals surface area contributed by atoms with E-state index in [4.69, 9.17) is 0 Å². The zero-order valence-corrected chi connectivity index (χ0v) is 13.1. The Morgan fingerprint density at radius 2 is 2.29 bits per heavy atom. The number of imidazole rings is 1. The Kier molecular flexibility index (Phi) is 3.52. The largest absolute Gasteiger partial charge is 0.337 e. The Bertz CT molecular complexity index is 615. The first-order chi connectivity index (χ1) is 10.3. The van der Waals surface area contributed by atoms with Crippen LogP contribution >= 0.6 is 11.3 Å². The summed E-state index contributed by atoms with van der Waals surface area (Å²) in [4.78, 5) is 13.2. The van der Waals surface area contributed by atoms with Crippen molar-refractivity contribution in [2.45, 2.75) is 31.3 Å². The molecule has 4 rings (SSSR count). The highest BCUT2D eigenvalue weighted by Gasteiger charge is 2.31. The van der Waals surface area contributed by atoms with Gasteiger partial charge in [0, 0.05) is 56.4 Å². The van der Waals surface area contributed by atoms with Crippen molar-refractivity contribution in [2.24, 2.45) is 7.05 Å². The standard InChI is InChI=1S/C15H21N5S/c1-19-6-5-17-15(19)12-8-16-4-7-20(12)9-13-14(11-2-3-11)18-10-21-13/h5-6,10-12,16H,2-4,7-9H2,1H3. The van der Waals surface area contributed by atoms with Crippen molar-refractivity contribution in [1.82, 2.24) is 24.8 Å². The molecule has 2 aromatic rings. The number of aryl methyl sites for hydroxylation is 1. The quantitative estimate of drug-likeness (QED) is 0.937. The third-order valence-corrected chi connectivity index (χ3v) is 5.33. The van der Waals surface area contributed by atoms with Crippen molar-refractivity contribution in [3.05, 3.63) is 34.3 Å². The van der Waals surface area contributed by atoms with Crippen LogP contribution in [0.4, 0.5) is 0 Å². The topological polar surface area (TPSA) is 46.0 Å². The maximum atomic E-state index is 4.60. The molecule has 0 aromatic carbocycles. The second-order valence-electron chi connectivity index (χ2n) is 6.02. The molecule has 2 fully saturated rings. The first kappa shape index (κ1) is 13.4. The van der Waals surface area contributed by atoms with E-state index in [9.17, 15) is 0 Å². The lowest BCUT2D eigenvalue weighted by Crippen LogP contribution is -2.46. The van der Waals surface area contributed by atoms with E-state index in [-0.39, 0.29) is 0 Å². The van der Waals surface area contributed by atoms with Crippen LogP contribution in [-0.2, 0) is 13.6 Å². The Labute approximate surface area is 129 Å². The Morgan fingerprint density at radius 3 is 3.05 bits per heavy atom. The van der Waals surface area contributed by atoms with Gasteiger partial charge < -0.3 is 9.88 Å². The number of rotatable bonds is 4. The molecule has 21 heavy (non-hydrogen) atoms. The molecule has 1 aliphatic carbocycles. The SMILES string of the molecule is Cn1ccnc1C1CNCCN1Cc1scnc1C1CC1. The normalized spacial score (nSPS) is 23.6. The van der Waals surface area contributed by atoms with Gasteiger partial charge in [0.15, 0.2) is 0 Å². The maximum Gasteiger partial charge on any atom is 0.127 e. The highest BCUT2D eigenvalue weighted by atomic mass is 32.1. The number of nitrogens with zero attached hydrogens (tertiary/aromatic N) is 4. The van der Waals surface area contributed by atoms with Gasteiger partial charge in [-0.1, -0.05) is 0 Å². The van der Waals surface area contributed by atoms with Gasteiger partial charge in [0.2, 0.25) is 0 Å². The van der Waals surface area contributed by atoms with Gasteiger partial charge in [-0.05, 0) is 12.8 Å². The lowest BCUT2D eigenvalue weighted by molar-refractivity contribution is 0.145. The van der Waals surface area contributed by atoms with Crippen molar-refractivity contribution in [3.8, 4) is 0 Å². The molecule has 2 aliphatic rings. The zero-order valence-electron chi connectivity index (χ0n) is 12.3. The van der Waals surface area contributed by atoms with E-state index in [0.717, 1.165) is 37.9 Å². The van der Waals surface area contributed by atoms with Crippen LogP contribution in [0.1, 0.15) is 41.2 Å². The zero-order chi connectivity index (χ0) is 14.2. The summed E-state index contributed by atoms with van der Waals surface area (Å²) in [5.41, 5.74) is 3.37. The minimum absolute atomic E-state index is 0.355. The first-order valence-corrected chi connectivity index (χ1v) is 8.55. The highest BCUT2D eigenvalue weighted by Crippen LogP contribution is 2.42. The van der Waals surface area contributed by atoms with E-state index in [1.165, 1.54) is 23.4 Å². The summed E-state index contributed by atoms with van der Waals surface area (Å²) < 4.78 is 2.14. The molecule has 3 heterocycles. The molecule has 6 heteroatoms. The third-order valence-electron chi connectivity index (χ3n) is 4.49. The lowest BCUT2D eigenvalue weighted by atomic mass is 10.1. The van der Waals surface area contributed by atoms with Crippen LogP contribution in [0.2, 0.25) is 0 Å². The van der Waals surface area contributed by atoms with Gasteiger partial charge in [-0.3, -0.25) is 4.90 Å². The van der Waals surface area contributed by atoms with Crippen LogP contribution in [0.3, 0.4) is 0 Å². The average Bonchev–Trinajstić information content (AvgIpc) is 3.09. The molecule has 0 radical (unpaired) electrons. The van der Waals surface area contributed by atoms with E-state index in [1.54, 1.807) is 0 Å². The number of piperazine rings is 1. The van der Waals surface area contributed by atoms with Gasteiger partial charge in [-0.2, -0.15) is 0 Å². The van der Waals surface area contributed by atoms with Gasteiger partial charge in [-0.15, -0.1) is 11.3 Å². The second kappa shape index (κ2) is 5.51. The van der Waals surface area contributed by atoms with Crippen molar-refractivity contribution in [2.75, 3.05) is 19.6 Å². The number of aromatic nitrogens is 3. The molecule has 0 bridgehead atoms. The Balaban J connectivity index is 1.56. The fourth-order valence-corrected chi connectivity index (χ4v) is 4.03. The van der Waals surface area contributed by atoms with Crippen LogP contribution < -0.4 is 5.32 Å². The van der Waals surface area contributed by atoms with Crippen molar-refractivity contribution >= 4 is 11.3 Å². The Morgan fingerprint density at radius 1 is 1.38 bits per heavy atom. The van der Waals surface area contributed by atoms with Gasteiger partial charge >= 0.3 is 0 Å². The van der Waals surface area contributed by atoms with Crippen LogP contribution in [-0.4, -0.2) is 39.1 Å². The summed E-state index contributed by atoms with van der Waals surface area (Å²) in [6.07, 6.45) is 6.57. The van der Waals surface area contributed by atoms with Gasteiger partial charge in [-0.25, -0.2) is 9.97 Å². The minimum Gasteiger partial charge on any atom is -0.337 e. The van der Waals surface area contributed by atoms with Gasteiger partial charge in [0.25, 0.3) is 0 Å². The smallest absolute Gasteiger partial charge is 0.127 e. The fraction of sp³-hybridized carbons (Fsp3) is 0.600. The van der Waals surface area contributed by atoms with E-state index in [0.29, 0.717) is 6.04 Å². The van der Waals surface area contributed by atoms with E-state index >= 15 is 0 Å². The average molecular weight is 303 g/mol. The van der Waals surface area contributed by atoms with E-state index in [1.807, 2.05) is 29.2 Å². The lowest BCUT2D eigenvalue weighted by Gasteiger charge is -2.35. The summed E-state index contributed by atoms with van der Waals surface area (Å²) >= 11 is 1.81. The molecular weight excluding hydrogens is 282 g/mol. The van der Waals surface area contributed by atoms with E-state index < -0.39 is 0 Å². The number of thiazole rings is 1. The molecule has 0 amide bonds. The molecule has 1 N–H and O–H groups in total. The molecular formula is C15H21N5S. The predicted octanol–water partition coefficient (Wildman–Crippen LogP) is 1.90. The van der Waals surface area contributed by atoms with Crippen molar-refractivity contribution < 1.29 is 0 Å². The summed E-state index contributed by atoms with van der Waals surface area (Å²) in [6.45, 7) is 4.11. The highest BCUT2D eigenvalue weighted by molar-refractivity contribution is 7.09. The molecule has 2 aromatic heterocycles. The summed E-state index contributed by atoms with van der Waals surface area (Å²) in [5, 5.41) is 3.50. The third kappa shape index (κ3) is 2.63. The maximum absolute atomic E-state index is 4.60. The van der Waals surface area contributed by atoms with Crippen molar-refractivity contribution in [1.29, 1.82) is 0 Å². The fourth-order valence-electron chi connectivity index (χ4n) is 3.16.